The molecule has 0 aromatic heterocycles. The number of nitrogens with two attached hydrogens (primary N) is 1. The predicted octanol–water partition coefficient (Wildman–Crippen LogP) is 3.37. The highest BCUT2D eigenvalue weighted by atomic mass is 19.1. The van der Waals surface area contributed by atoms with Crippen LogP contribution >= 0.6 is 0 Å². The Labute approximate surface area is 129 Å². The molecule has 22 heavy (non-hydrogen) atoms. The van der Waals surface area contributed by atoms with E-state index in [4.69, 9.17) is 10.6 Å². The number of rotatable bonds is 4. The van der Waals surface area contributed by atoms with E-state index in [1.807, 2.05) is 43.4 Å². The molecule has 114 valence electrons. The molecular weight excluding hydrogens is 279 g/mol. The third-order valence-electron chi connectivity index (χ3n) is 3.89. The van der Waals surface area contributed by atoms with Crippen LogP contribution in [-0.4, -0.2) is 18.7 Å². The van der Waals surface area contributed by atoms with Crippen LogP contribution in [0.15, 0.2) is 54.1 Å². The second-order valence-corrected chi connectivity index (χ2v) is 5.44. The average molecular weight is 298 g/mol. The smallest absolute Gasteiger partial charge is 0.129 e. The van der Waals surface area contributed by atoms with Gasteiger partial charge in [0.25, 0.3) is 0 Å². The molecule has 2 N–H and O–H groups in total. The molecule has 4 heteroatoms. The molecule has 0 atom stereocenters. The minimum atomic E-state index is -0.164. The van der Waals surface area contributed by atoms with Crippen molar-refractivity contribution in [1.82, 2.24) is 5.01 Å². The lowest BCUT2D eigenvalue weighted by atomic mass is 9.97. The van der Waals surface area contributed by atoms with Crippen LogP contribution in [0, 0.1) is 5.82 Å². The molecule has 2 aromatic carbocycles. The van der Waals surface area contributed by atoms with E-state index in [1.165, 1.54) is 6.07 Å². The van der Waals surface area contributed by atoms with Crippen molar-refractivity contribution in [3.05, 3.63) is 71.0 Å². The first-order chi connectivity index (χ1) is 10.7. The molecule has 0 unspecified atom stereocenters. The number of nitrogens with zero attached hydrogens (tertiary/aromatic N) is 1. The Balaban J connectivity index is 1.89. The van der Waals surface area contributed by atoms with Gasteiger partial charge in [0, 0.05) is 12.6 Å². The third-order valence-corrected chi connectivity index (χ3v) is 3.89. The second-order valence-electron chi connectivity index (χ2n) is 5.44. The highest BCUT2D eigenvalue weighted by molar-refractivity contribution is 5.73. The van der Waals surface area contributed by atoms with Crippen molar-refractivity contribution in [2.75, 3.05) is 13.7 Å². The summed E-state index contributed by atoms with van der Waals surface area (Å²) in [5.74, 6) is 6.69. The summed E-state index contributed by atoms with van der Waals surface area (Å²) in [7, 11) is 1.82. The van der Waals surface area contributed by atoms with E-state index in [-0.39, 0.29) is 5.82 Å². The predicted molar refractivity (Wildman–Crippen MR) is 85.5 cm³/mol. The van der Waals surface area contributed by atoms with Gasteiger partial charge >= 0.3 is 0 Å². The quantitative estimate of drug-likeness (QED) is 0.695. The number of hydrazine groups is 1. The van der Waals surface area contributed by atoms with Gasteiger partial charge in [-0.05, 0) is 42.2 Å². The molecule has 0 saturated heterocycles. The maximum atomic E-state index is 13.8. The molecule has 0 spiro atoms. The normalized spacial score (nSPS) is 13.6. The summed E-state index contributed by atoms with van der Waals surface area (Å²) in [6.45, 7) is 0.488. The summed E-state index contributed by atoms with van der Waals surface area (Å²) in [5, 5.41) is 1.62. The summed E-state index contributed by atoms with van der Waals surface area (Å²) in [6.07, 6.45) is 1.34. The van der Waals surface area contributed by atoms with Crippen LogP contribution in [0.4, 0.5) is 4.39 Å². The van der Waals surface area contributed by atoms with Gasteiger partial charge < -0.3 is 9.75 Å². The Kier molecular flexibility index (Phi) is 4.11. The SMILES string of the molecule is CN(N)C1=C(CCc2ccccc2F)COc2ccccc21. The fourth-order valence-corrected chi connectivity index (χ4v) is 2.83. The van der Waals surface area contributed by atoms with Crippen LogP contribution < -0.4 is 10.6 Å². The second kappa shape index (κ2) is 6.20. The third kappa shape index (κ3) is 2.83. The molecule has 1 heterocycles. The summed E-state index contributed by atoms with van der Waals surface area (Å²) >= 11 is 0. The average Bonchev–Trinajstić information content (AvgIpc) is 2.53. The maximum absolute atomic E-state index is 13.8. The first-order valence-corrected chi connectivity index (χ1v) is 7.33. The number of benzene rings is 2. The molecule has 0 aliphatic carbocycles. The van der Waals surface area contributed by atoms with Crippen molar-refractivity contribution in [2.24, 2.45) is 5.84 Å². The minimum absolute atomic E-state index is 0.164. The minimum Gasteiger partial charge on any atom is -0.488 e. The summed E-state index contributed by atoms with van der Waals surface area (Å²) in [6, 6.07) is 14.7. The van der Waals surface area contributed by atoms with Gasteiger partial charge in [0.05, 0.1) is 5.70 Å². The molecule has 0 fully saturated rings. The van der Waals surface area contributed by atoms with E-state index in [0.717, 1.165) is 22.6 Å². The van der Waals surface area contributed by atoms with E-state index in [2.05, 4.69) is 0 Å². The van der Waals surface area contributed by atoms with Crippen LogP contribution in [0.1, 0.15) is 17.5 Å². The molecule has 3 rings (SSSR count). The molecule has 3 nitrogen and oxygen atoms in total. The van der Waals surface area contributed by atoms with Gasteiger partial charge in [-0.1, -0.05) is 30.3 Å². The fraction of sp³-hybridized carbons (Fsp3) is 0.222. The largest absolute Gasteiger partial charge is 0.488 e. The molecule has 0 radical (unpaired) electrons. The van der Waals surface area contributed by atoms with Crippen molar-refractivity contribution >= 4 is 5.70 Å². The van der Waals surface area contributed by atoms with Gasteiger partial charge in [-0.2, -0.15) is 0 Å². The number of hydrogen-bond acceptors (Lipinski definition) is 3. The molecule has 1 aliphatic rings. The summed E-state index contributed by atoms with van der Waals surface area (Å²) in [5.41, 5.74) is 3.76. The van der Waals surface area contributed by atoms with Crippen molar-refractivity contribution < 1.29 is 9.13 Å². The Bertz CT molecular complexity index is 710. The monoisotopic (exact) mass is 298 g/mol. The van der Waals surface area contributed by atoms with E-state index in [1.54, 1.807) is 11.1 Å². The van der Waals surface area contributed by atoms with Gasteiger partial charge in [0.1, 0.15) is 18.2 Å². The van der Waals surface area contributed by atoms with Crippen LogP contribution in [0.3, 0.4) is 0 Å². The van der Waals surface area contributed by atoms with Crippen molar-refractivity contribution in [2.45, 2.75) is 12.8 Å². The number of halogens is 1. The number of ether oxygens (including phenoxy) is 1. The molecule has 0 bridgehead atoms. The number of fused-ring (bicyclic) bond motifs is 1. The maximum Gasteiger partial charge on any atom is 0.129 e. The highest BCUT2D eigenvalue weighted by Gasteiger charge is 2.21. The standard InChI is InChI=1S/C18H19FN2O/c1-21(20)18-14(11-10-13-6-2-4-8-16(13)19)12-22-17-9-5-3-7-15(17)18/h2-9H,10-12,20H2,1H3. The van der Waals surface area contributed by atoms with E-state index < -0.39 is 0 Å². The van der Waals surface area contributed by atoms with Crippen LogP contribution in [0.5, 0.6) is 5.75 Å². The van der Waals surface area contributed by atoms with Crippen LogP contribution in [0.25, 0.3) is 5.70 Å². The molecule has 1 aliphatic heterocycles. The number of para-hydroxylation sites is 1. The van der Waals surface area contributed by atoms with Gasteiger partial charge in [-0.15, -0.1) is 0 Å². The Morgan fingerprint density at radius 2 is 1.82 bits per heavy atom. The van der Waals surface area contributed by atoms with E-state index in [0.29, 0.717) is 25.0 Å². The van der Waals surface area contributed by atoms with Crippen LogP contribution in [0.2, 0.25) is 0 Å². The lowest BCUT2D eigenvalue weighted by Gasteiger charge is -2.28. The Hall–Kier alpha value is -2.33. The topological polar surface area (TPSA) is 38.5 Å². The molecule has 0 amide bonds. The van der Waals surface area contributed by atoms with E-state index in [9.17, 15) is 4.39 Å². The zero-order valence-electron chi connectivity index (χ0n) is 12.6. The first-order valence-electron chi connectivity index (χ1n) is 7.33. The van der Waals surface area contributed by atoms with Gasteiger partial charge in [-0.25, -0.2) is 10.2 Å². The fourth-order valence-electron chi connectivity index (χ4n) is 2.83. The van der Waals surface area contributed by atoms with E-state index >= 15 is 0 Å². The Morgan fingerprint density at radius 3 is 2.59 bits per heavy atom. The number of hydrogen-bond donors (Lipinski definition) is 1. The van der Waals surface area contributed by atoms with Gasteiger partial charge in [0.2, 0.25) is 0 Å². The number of aryl methyl sites for hydroxylation is 1. The highest BCUT2D eigenvalue weighted by Crippen LogP contribution is 2.35. The van der Waals surface area contributed by atoms with Gasteiger partial charge in [-0.3, -0.25) is 0 Å². The summed E-state index contributed by atoms with van der Waals surface area (Å²) < 4.78 is 19.6. The van der Waals surface area contributed by atoms with Crippen molar-refractivity contribution in [3.8, 4) is 5.75 Å². The lowest BCUT2D eigenvalue weighted by Crippen LogP contribution is -2.29. The Morgan fingerprint density at radius 1 is 1.09 bits per heavy atom. The molecule has 2 aromatic rings. The van der Waals surface area contributed by atoms with Crippen LogP contribution in [-0.2, 0) is 6.42 Å². The van der Waals surface area contributed by atoms with Crippen molar-refractivity contribution in [3.63, 3.8) is 0 Å². The zero-order valence-corrected chi connectivity index (χ0v) is 12.6. The molecular formula is C18H19FN2O. The van der Waals surface area contributed by atoms with Gasteiger partial charge in [0.15, 0.2) is 0 Å². The summed E-state index contributed by atoms with van der Waals surface area (Å²) in [4.78, 5) is 0. The molecule has 0 saturated carbocycles. The van der Waals surface area contributed by atoms with Crippen molar-refractivity contribution in [1.29, 1.82) is 0 Å². The lowest BCUT2D eigenvalue weighted by molar-refractivity contribution is 0.331. The first kappa shape index (κ1) is 14.6. The zero-order chi connectivity index (χ0) is 15.5.